The summed E-state index contributed by atoms with van der Waals surface area (Å²) in [6.07, 6.45) is 11.6. The number of carboxylic acid groups (broad SMARTS) is 1. The van der Waals surface area contributed by atoms with Gasteiger partial charge in [0.15, 0.2) is 5.78 Å². The van der Waals surface area contributed by atoms with Gasteiger partial charge in [-0.2, -0.15) is 0 Å². The normalized spacial score (nSPS) is 18.5. The molecular formula is C22H19Cl2N3O3. The van der Waals surface area contributed by atoms with Gasteiger partial charge in [0, 0.05) is 37.4 Å². The Morgan fingerprint density at radius 1 is 1.23 bits per heavy atom. The van der Waals surface area contributed by atoms with Crippen LogP contribution in [-0.4, -0.2) is 37.9 Å². The van der Waals surface area contributed by atoms with Gasteiger partial charge >= 0.3 is 5.97 Å². The summed E-state index contributed by atoms with van der Waals surface area (Å²) >= 11 is 12.4. The highest BCUT2D eigenvalue weighted by molar-refractivity contribution is 6.42. The monoisotopic (exact) mass is 443 g/mol. The molecule has 2 aromatic rings. The molecule has 2 aliphatic rings. The molecule has 1 unspecified atom stereocenters. The molecule has 0 fully saturated rings. The van der Waals surface area contributed by atoms with Gasteiger partial charge in [0.05, 0.1) is 22.3 Å². The van der Waals surface area contributed by atoms with Crippen molar-refractivity contribution in [3.63, 3.8) is 0 Å². The van der Waals surface area contributed by atoms with E-state index in [0.717, 1.165) is 16.8 Å². The molecule has 0 amide bonds. The number of hydrogen-bond donors (Lipinski definition) is 1. The fourth-order valence-corrected chi connectivity index (χ4v) is 4.20. The zero-order chi connectivity index (χ0) is 21.3. The summed E-state index contributed by atoms with van der Waals surface area (Å²) in [5.41, 5.74) is 2.50. The van der Waals surface area contributed by atoms with Crippen LogP contribution in [0.1, 0.15) is 12.0 Å². The number of carbonyl (C=O) groups excluding carboxylic acids is 1. The average molecular weight is 444 g/mol. The molecule has 30 heavy (non-hydrogen) atoms. The van der Waals surface area contributed by atoms with Crippen LogP contribution in [0.25, 0.3) is 0 Å². The Balaban J connectivity index is 1.61. The van der Waals surface area contributed by atoms with E-state index in [9.17, 15) is 14.7 Å². The summed E-state index contributed by atoms with van der Waals surface area (Å²) in [4.78, 5) is 30.4. The van der Waals surface area contributed by atoms with E-state index >= 15 is 0 Å². The minimum absolute atomic E-state index is 0.190. The average Bonchev–Trinajstić information content (AvgIpc) is 3.24. The maximum atomic E-state index is 12.9. The maximum absolute atomic E-state index is 12.9. The van der Waals surface area contributed by atoms with Crippen LogP contribution < -0.4 is 0 Å². The first-order valence-corrected chi connectivity index (χ1v) is 10.2. The molecule has 8 heteroatoms. The van der Waals surface area contributed by atoms with Crippen molar-refractivity contribution >= 4 is 35.0 Å². The lowest BCUT2D eigenvalue weighted by atomic mass is 9.81. The lowest BCUT2D eigenvalue weighted by Gasteiger charge is -2.36. The first kappa shape index (κ1) is 20.4. The number of allylic oxidation sites excluding steroid dienone is 4. The van der Waals surface area contributed by atoms with Crippen LogP contribution in [0.4, 0.5) is 0 Å². The molecule has 1 atom stereocenters. The van der Waals surface area contributed by atoms with Crippen LogP contribution in [-0.2, 0) is 22.6 Å². The SMILES string of the molecule is O=C(O)C1=CN(CCn2ccnc2)C2=CC=C(Cc3cccc(Cl)c3Cl)CC2C1=O. The van der Waals surface area contributed by atoms with Gasteiger partial charge in [-0.1, -0.05) is 47.0 Å². The topological polar surface area (TPSA) is 75.4 Å². The summed E-state index contributed by atoms with van der Waals surface area (Å²) < 4.78 is 1.91. The summed E-state index contributed by atoms with van der Waals surface area (Å²) in [6, 6.07) is 5.47. The van der Waals surface area contributed by atoms with Crippen LogP contribution in [0.5, 0.6) is 0 Å². The third kappa shape index (κ3) is 4.06. The Morgan fingerprint density at radius 3 is 2.80 bits per heavy atom. The second-order valence-electron chi connectivity index (χ2n) is 7.27. The van der Waals surface area contributed by atoms with Crippen LogP contribution in [0.2, 0.25) is 10.0 Å². The van der Waals surface area contributed by atoms with Crippen molar-refractivity contribution < 1.29 is 14.7 Å². The minimum atomic E-state index is -1.21. The summed E-state index contributed by atoms with van der Waals surface area (Å²) in [7, 11) is 0. The smallest absolute Gasteiger partial charge is 0.340 e. The zero-order valence-corrected chi connectivity index (χ0v) is 17.5. The second-order valence-corrected chi connectivity index (χ2v) is 8.05. The maximum Gasteiger partial charge on any atom is 0.340 e. The number of imidazole rings is 1. The number of ketones is 1. The molecule has 1 aliphatic heterocycles. The van der Waals surface area contributed by atoms with Gasteiger partial charge in [0.2, 0.25) is 0 Å². The van der Waals surface area contributed by atoms with Crippen LogP contribution in [0, 0.1) is 5.92 Å². The predicted octanol–water partition coefficient (Wildman–Crippen LogP) is 4.12. The lowest BCUT2D eigenvalue weighted by Crippen LogP contribution is -2.38. The van der Waals surface area contributed by atoms with Crippen LogP contribution in [0.3, 0.4) is 0 Å². The first-order valence-electron chi connectivity index (χ1n) is 9.48. The minimum Gasteiger partial charge on any atom is -0.478 e. The van der Waals surface area contributed by atoms with Gasteiger partial charge in [-0.3, -0.25) is 4.79 Å². The van der Waals surface area contributed by atoms with E-state index in [0.29, 0.717) is 36.0 Å². The van der Waals surface area contributed by atoms with E-state index in [-0.39, 0.29) is 11.4 Å². The summed E-state index contributed by atoms with van der Waals surface area (Å²) in [5, 5.41) is 10.5. The Morgan fingerprint density at radius 2 is 2.07 bits per heavy atom. The van der Waals surface area contributed by atoms with E-state index in [1.807, 2.05) is 39.9 Å². The third-order valence-corrected chi connectivity index (χ3v) is 6.21. The Hall–Kier alpha value is -2.83. The highest BCUT2D eigenvalue weighted by Crippen LogP contribution is 2.37. The summed E-state index contributed by atoms with van der Waals surface area (Å²) in [6.45, 7) is 1.16. The van der Waals surface area contributed by atoms with E-state index in [1.165, 1.54) is 6.20 Å². The molecule has 0 saturated heterocycles. The van der Waals surface area contributed by atoms with E-state index in [4.69, 9.17) is 23.2 Å². The van der Waals surface area contributed by atoms with Gasteiger partial charge in [-0.15, -0.1) is 0 Å². The zero-order valence-electron chi connectivity index (χ0n) is 16.0. The number of hydrogen-bond acceptors (Lipinski definition) is 4. The van der Waals surface area contributed by atoms with Crippen molar-refractivity contribution in [1.82, 2.24) is 14.5 Å². The van der Waals surface area contributed by atoms with E-state index in [1.54, 1.807) is 18.6 Å². The van der Waals surface area contributed by atoms with Crippen LogP contribution in [0.15, 0.2) is 72.1 Å². The van der Waals surface area contributed by atoms with E-state index < -0.39 is 11.9 Å². The molecule has 0 saturated carbocycles. The highest BCUT2D eigenvalue weighted by Gasteiger charge is 2.37. The number of aliphatic carboxylic acids is 1. The lowest BCUT2D eigenvalue weighted by molar-refractivity contribution is -0.135. The molecule has 0 bridgehead atoms. The van der Waals surface area contributed by atoms with Gasteiger partial charge in [0.1, 0.15) is 5.57 Å². The second kappa shape index (κ2) is 8.50. The molecule has 4 rings (SSSR count). The van der Waals surface area contributed by atoms with Gasteiger partial charge in [0.25, 0.3) is 0 Å². The largest absolute Gasteiger partial charge is 0.478 e. The fourth-order valence-electron chi connectivity index (χ4n) is 3.82. The Bertz CT molecular complexity index is 1090. The van der Waals surface area contributed by atoms with Gasteiger partial charge in [-0.05, 0) is 30.5 Å². The molecule has 0 radical (unpaired) electrons. The number of nitrogens with zero attached hydrogens (tertiary/aromatic N) is 3. The van der Waals surface area contributed by atoms with E-state index in [2.05, 4.69) is 4.98 Å². The molecule has 2 heterocycles. The van der Waals surface area contributed by atoms with Crippen molar-refractivity contribution in [3.05, 3.63) is 87.7 Å². The van der Waals surface area contributed by atoms with Crippen molar-refractivity contribution in [3.8, 4) is 0 Å². The van der Waals surface area contributed by atoms with Crippen molar-refractivity contribution in [2.75, 3.05) is 6.54 Å². The summed E-state index contributed by atoms with van der Waals surface area (Å²) in [5.74, 6) is -2.10. The Labute approximate surface area is 183 Å². The highest BCUT2D eigenvalue weighted by atomic mass is 35.5. The molecule has 1 aromatic heterocycles. The van der Waals surface area contributed by atoms with Crippen LogP contribution >= 0.6 is 23.2 Å². The Kier molecular flexibility index (Phi) is 5.79. The van der Waals surface area contributed by atoms with Crippen molar-refractivity contribution in [2.45, 2.75) is 19.4 Å². The number of rotatable bonds is 6. The molecule has 6 nitrogen and oxygen atoms in total. The molecule has 154 valence electrons. The number of benzene rings is 1. The molecule has 0 spiro atoms. The predicted molar refractivity (Wildman–Crippen MR) is 114 cm³/mol. The third-order valence-electron chi connectivity index (χ3n) is 5.35. The number of carboxylic acids is 1. The van der Waals surface area contributed by atoms with Crippen molar-refractivity contribution in [2.24, 2.45) is 5.92 Å². The molecule has 1 N–H and O–H groups in total. The number of halogens is 2. The first-order chi connectivity index (χ1) is 14.4. The number of carbonyl (C=O) groups is 2. The number of Topliss-reactive ketones (excluding diaryl/α,β-unsaturated/α-hetero) is 1. The molecule has 1 aromatic carbocycles. The number of fused-ring (bicyclic) bond motifs is 1. The fraction of sp³-hybridized carbons (Fsp3) is 0.227. The van der Waals surface area contributed by atoms with Crippen molar-refractivity contribution in [1.29, 1.82) is 0 Å². The molecular weight excluding hydrogens is 425 g/mol. The quantitative estimate of drug-likeness (QED) is 0.679. The van der Waals surface area contributed by atoms with Gasteiger partial charge < -0.3 is 14.6 Å². The number of aromatic nitrogens is 2. The van der Waals surface area contributed by atoms with Gasteiger partial charge in [-0.25, -0.2) is 9.78 Å². The standard InChI is InChI=1S/C22H19Cl2N3O3/c23-18-3-1-2-15(20(18)24)10-14-4-5-19-16(11-14)21(28)17(22(29)30)12-27(19)9-8-26-7-6-25-13-26/h1-7,12-13,16H,8-11H2,(H,29,30). The molecule has 1 aliphatic carbocycles.